The number of hydrogen-bond donors (Lipinski definition) is 0. The van der Waals surface area contributed by atoms with Crippen molar-refractivity contribution in [2.75, 3.05) is 12.4 Å². The maximum atomic E-state index is 11.2. The fraction of sp³-hybridized carbons (Fsp3) is 0.250. The summed E-state index contributed by atoms with van der Waals surface area (Å²) in [5, 5.41) is 18.5. The van der Waals surface area contributed by atoms with Crippen molar-refractivity contribution in [1.29, 1.82) is 0 Å². The molecule has 9 heteroatoms. The van der Waals surface area contributed by atoms with Gasteiger partial charge in [0, 0.05) is 17.7 Å². The molecule has 0 amide bonds. The highest BCUT2D eigenvalue weighted by molar-refractivity contribution is 7.99. The number of aromatic nitrogens is 2. The number of benzene rings is 1. The van der Waals surface area contributed by atoms with Gasteiger partial charge >= 0.3 is 5.97 Å². The van der Waals surface area contributed by atoms with Gasteiger partial charge in [0.25, 0.3) is 10.9 Å². The van der Waals surface area contributed by atoms with E-state index in [0.29, 0.717) is 12.2 Å². The van der Waals surface area contributed by atoms with Crippen molar-refractivity contribution in [3.63, 3.8) is 0 Å². The maximum absolute atomic E-state index is 11.2. The highest BCUT2D eigenvalue weighted by Crippen LogP contribution is 2.25. The summed E-state index contributed by atoms with van der Waals surface area (Å²) in [6, 6.07) is 5.87. The summed E-state index contributed by atoms with van der Waals surface area (Å²) in [4.78, 5) is 21.4. The molecule has 1 aromatic carbocycles. The standard InChI is InChI=1S/C12H11N3O5S/c1-2-19-10(16)7-21-12-14-13-11(20-12)8-4-3-5-9(6-8)15(17)18/h3-6H,2,7H2,1H3. The van der Waals surface area contributed by atoms with Crippen LogP contribution in [0.5, 0.6) is 0 Å². The Kier molecular flexibility index (Phi) is 4.88. The van der Waals surface area contributed by atoms with E-state index < -0.39 is 4.92 Å². The molecule has 21 heavy (non-hydrogen) atoms. The fourth-order valence-electron chi connectivity index (χ4n) is 1.46. The van der Waals surface area contributed by atoms with Crippen LogP contribution in [0.2, 0.25) is 0 Å². The Balaban J connectivity index is 2.07. The molecular formula is C12H11N3O5S. The number of rotatable bonds is 6. The average Bonchev–Trinajstić information content (AvgIpc) is 2.94. The Morgan fingerprint density at radius 1 is 1.48 bits per heavy atom. The molecule has 2 rings (SSSR count). The molecule has 0 spiro atoms. The molecule has 0 saturated heterocycles. The highest BCUT2D eigenvalue weighted by Gasteiger charge is 2.14. The Labute approximate surface area is 123 Å². The molecule has 1 heterocycles. The van der Waals surface area contributed by atoms with E-state index >= 15 is 0 Å². The second-order valence-electron chi connectivity index (χ2n) is 3.77. The van der Waals surface area contributed by atoms with Crippen molar-refractivity contribution in [3.05, 3.63) is 34.4 Å². The van der Waals surface area contributed by atoms with Crippen LogP contribution in [-0.4, -0.2) is 33.4 Å². The molecule has 0 saturated carbocycles. The van der Waals surface area contributed by atoms with E-state index in [2.05, 4.69) is 10.2 Å². The smallest absolute Gasteiger partial charge is 0.316 e. The number of thioether (sulfide) groups is 1. The quantitative estimate of drug-likeness (QED) is 0.346. The predicted octanol–water partition coefficient (Wildman–Crippen LogP) is 2.30. The zero-order valence-electron chi connectivity index (χ0n) is 11.0. The van der Waals surface area contributed by atoms with Crippen LogP contribution in [0.15, 0.2) is 33.9 Å². The average molecular weight is 309 g/mol. The zero-order valence-corrected chi connectivity index (χ0v) is 11.8. The number of non-ortho nitro benzene ring substituents is 1. The van der Waals surface area contributed by atoms with E-state index in [4.69, 9.17) is 9.15 Å². The number of hydrogen-bond acceptors (Lipinski definition) is 8. The third-order valence-electron chi connectivity index (χ3n) is 2.33. The van der Waals surface area contributed by atoms with Gasteiger partial charge in [0.1, 0.15) is 5.75 Å². The number of ether oxygens (including phenoxy) is 1. The maximum Gasteiger partial charge on any atom is 0.316 e. The van der Waals surface area contributed by atoms with Crippen LogP contribution >= 0.6 is 11.8 Å². The van der Waals surface area contributed by atoms with Gasteiger partial charge in [0.05, 0.1) is 11.5 Å². The molecule has 110 valence electrons. The van der Waals surface area contributed by atoms with Crippen molar-refractivity contribution in [2.45, 2.75) is 12.1 Å². The second kappa shape index (κ2) is 6.84. The summed E-state index contributed by atoms with van der Waals surface area (Å²) in [6.45, 7) is 2.03. The third kappa shape index (κ3) is 4.02. The van der Waals surface area contributed by atoms with Crippen molar-refractivity contribution >= 4 is 23.4 Å². The molecule has 2 aromatic rings. The molecule has 0 fully saturated rings. The molecule has 0 aliphatic heterocycles. The lowest BCUT2D eigenvalue weighted by Crippen LogP contribution is -2.06. The van der Waals surface area contributed by atoms with Crippen LogP contribution in [-0.2, 0) is 9.53 Å². The molecule has 8 nitrogen and oxygen atoms in total. The van der Waals surface area contributed by atoms with Gasteiger partial charge in [-0.25, -0.2) is 0 Å². The normalized spacial score (nSPS) is 10.3. The third-order valence-corrected chi connectivity index (χ3v) is 3.12. The van der Waals surface area contributed by atoms with E-state index in [-0.39, 0.29) is 28.5 Å². The molecule has 0 N–H and O–H groups in total. The Hall–Kier alpha value is -2.42. The number of esters is 1. The fourth-order valence-corrected chi connectivity index (χ4v) is 2.02. The SMILES string of the molecule is CCOC(=O)CSc1nnc(-c2cccc([N+](=O)[O-])c2)o1. The summed E-state index contributed by atoms with van der Waals surface area (Å²) in [5.41, 5.74) is 0.381. The number of nitro groups is 1. The number of nitro benzene ring substituents is 1. The van der Waals surface area contributed by atoms with Gasteiger partial charge in [0.2, 0.25) is 5.89 Å². The van der Waals surface area contributed by atoms with Gasteiger partial charge in [-0.15, -0.1) is 10.2 Å². The lowest BCUT2D eigenvalue weighted by Gasteiger charge is -1.98. The van der Waals surface area contributed by atoms with E-state index in [1.165, 1.54) is 18.2 Å². The van der Waals surface area contributed by atoms with Gasteiger partial charge in [-0.3, -0.25) is 14.9 Å². The van der Waals surface area contributed by atoms with Gasteiger partial charge in [-0.1, -0.05) is 17.8 Å². The van der Waals surface area contributed by atoms with Crippen LogP contribution in [0.3, 0.4) is 0 Å². The summed E-state index contributed by atoms with van der Waals surface area (Å²) in [6.07, 6.45) is 0. The van der Waals surface area contributed by atoms with Gasteiger partial charge in [0.15, 0.2) is 0 Å². The van der Waals surface area contributed by atoms with Crippen molar-refractivity contribution in [2.24, 2.45) is 0 Å². The lowest BCUT2D eigenvalue weighted by atomic mass is 10.2. The molecule has 0 bridgehead atoms. The van der Waals surface area contributed by atoms with E-state index in [1.54, 1.807) is 13.0 Å². The first-order valence-electron chi connectivity index (χ1n) is 5.97. The summed E-state index contributed by atoms with van der Waals surface area (Å²) >= 11 is 1.05. The first kappa shape index (κ1) is 15.0. The second-order valence-corrected chi connectivity index (χ2v) is 4.70. The van der Waals surface area contributed by atoms with Crippen molar-refractivity contribution < 1.29 is 18.9 Å². The van der Waals surface area contributed by atoms with E-state index in [9.17, 15) is 14.9 Å². The first-order valence-corrected chi connectivity index (χ1v) is 6.95. The topological polar surface area (TPSA) is 108 Å². The highest BCUT2D eigenvalue weighted by atomic mass is 32.2. The first-order chi connectivity index (χ1) is 10.1. The number of nitrogens with zero attached hydrogens (tertiary/aromatic N) is 3. The molecule has 0 radical (unpaired) electrons. The Morgan fingerprint density at radius 3 is 3.00 bits per heavy atom. The predicted molar refractivity (Wildman–Crippen MR) is 73.7 cm³/mol. The van der Waals surface area contributed by atoms with Crippen molar-refractivity contribution in [1.82, 2.24) is 10.2 Å². The van der Waals surface area contributed by atoms with Crippen LogP contribution in [0.4, 0.5) is 5.69 Å². The molecular weight excluding hydrogens is 298 g/mol. The van der Waals surface area contributed by atoms with E-state index in [1.807, 2.05) is 0 Å². The van der Waals surface area contributed by atoms with Crippen molar-refractivity contribution in [3.8, 4) is 11.5 Å². The Bertz CT molecular complexity index is 658. The minimum atomic E-state index is -0.504. The van der Waals surface area contributed by atoms with Crippen LogP contribution in [0.25, 0.3) is 11.5 Å². The number of carbonyl (C=O) groups is 1. The van der Waals surface area contributed by atoms with Crippen LogP contribution < -0.4 is 0 Å². The monoisotopic (exact) mass is 309 g/mol. The summed E-state index contributed by atoms with van der Waals surface area (Å²) in [7, 11) is 0. The van der Waals surface area contributed by atoms with Crippen LogP contribution in [0.1, 0.15) is 6.92 Å². The molecule has 1 aromatic heterocycles. The minimum absolute atomic E-state index is 0.0599. The van der Waals surface area contributed by atoms with Gasteiger partial charge in [-0.2, -0.15) is 0 Å². The van der Waals surface area contributed by atoms with Crippen LogP contribution in [0, 0.1) is 10.1 Å². The summed E-state index contributed by atoms with van der Waals surface area (Å²) in [5.74, 6) is -0.160. The Morgan fingerprint density at radius 2 is 2.29 bits per heavy atom. The molecule has 0 aliphatic rings. The summed E-state index contributed by atoms with van der Waals surface area (Å²) < 4.78 is 10.1. The van der Waals surface area contributed by atoms with Gasteiger partial charge < -0.3 is 9.15 Å². The van der Waals surface area contributed by atoms with E-state index in [0.717, 1.165) is 11.8 Å². The molecule has 0 atom stereocenters. The number of carbonyl (C=O) groups excluding carboxylic acids is 1. The van der Waals surface area contributed by atoms with Gasteiger partial charge in [-0.05, 0) is 13.0 Å². The zero-order chi connectivity index (χ0) is 15.2. The lowest BCUT2D eigenvalue weighted by molar-refractivity contribution is -0.384. The molecule has 0 aliphatic carbocycles. The largest absolute Gasteiger partial charge is 0.465 e. The minimum Gasteiger partial charge on any atom is -0.465 e. The molecule has 0 unspecified atom stereocenters.